The number of methoxy groups -OCH3 is 3. The molecule has 0 spiro atoms. The van der Waals surface area contributed by atoms with Gasteiger partial charge in [-0.05, 0) is 48.9 Å². The molecule has 31 heavy (non-hydrogen) atoms. The smallest absolute Gasteiger partial charge is 0.220 e. The Bertz CT molecular complexity index is 1070. The predicted molar refractivity (Wildman–Crippen MR) is 120 cm³/mol. The van der Waals surface area contributed by atoms with Crippen LogP contribution >= 0.6 is 27.7 Å². The summed E-state index contributed by atoms with van der Waals surface area (Å²) in [5.74, 6) is 2.41. The first-order chi connectivity index (χ1) is 14.9. The minimum atomic E-state index is -0.551. The zero-order valence-electron chi connectivity index (χ0n) is 17.4. The predicted octanol–water partition coefficient (Wildman–Crippen LogP) is 4.47. The van der Waals surface area contributed by atoms with Gasteiger partial charge in [0.2, 0.25) is 6.54 Å². The Morgan fingerprint density at radius 2 is 1.74 bits per heavy atom. The summed E-state index contributed by atoms with van der Waals surface area (Å²) in [5.41, 5.74) is 1.53. The number of hydrogen-bond acceptors (Lipinski definition) is 8. The molecule has 0 aliphatic rings. The van der Waals surface area contributed by atoms with E-state index in [1.807, 2.05) is 35.8 Å². The van der Waals surface area contributed by atoms with Crippen LogP contribution in [0, 0.1) is 17.0 Å². The molecule has 0 bridgehead atoms. The first kappa shape index (κ1) is 22.9. The summed E-state index contributed by atoms with van der Waals surface area (Å²) >= 11 is 4.77. The molecule has 0 saturated carbocycles. The van der Waals surface area contributed by atoms with Crippen molar-refractivity contribution in [2.45, 2.75) is 17.3 Å². The Labute approximate surface area is 192 Å². The van der Waals surface area contributed by atoms with Crippen LogP contribution in [-0.4, -0.2) is 47.6 Å². The first-order valence-corrected chi connectivity index (χ1v) is 10.8. The highest BCUT2D eigenvalue weighted by atomic mass is 79.9. The van der Waals surface area contributed by atoms with Gasteiger partial charge in [-0.3, -0.25) is 14.7 Å². The fourth-order valence-electron chi connectivity index (χ4n) is 3.03. The Balaban J connectivity index is 2.02. The number of nitrogens with zero attached hydrogens (tertiary/aromatic N) is 4. The van der Waals surface area contributed by atoms with Gasteiger partial charge in [0.1, 0.15) is 16.8 Å². The van der Waals surface area contributed by atoms with E-state index in [1.165, 1.54) is 26.0 Å². The van der Waals surface area contributed by atoms with Gasteiger partial charge in [-0.1, -0.05) is 27.7 Å². The number of ether oxygens (including phenoxy) is 3. The molecule has 1 aromatic heterocycles. The number of aryl methyl sites for hydroxylation is 1. The normalized spacial score (nSPS) is 11.8. The summed E-state index contributed by atoms with van der Waals surface area (Å²) in [7, 11) is 4.66. The standard InChI is InChI=1S/C20H21BrN4O5S/c1-12-22-23-20(25(12)13-5-7-14(28-2)8-6-13)31-19(11-24(26)27)15-9-17(29-3)18(30-4)10-16(15)21/h5-10,19H,11H2,1-4H3/t19-/m0/s1. The Kier molecular flexibility index (Phi) is 7.39. The first-order valence-electron chi connectivity index (χ1n) is 9.14. The zero-order valence-corrected chi connectivity index (χ0v) is 19.8. The van der Waals surface area contributed by atoms with E-state index in [0.717, 1.165) is 11.4 Å². The van der Waals surface area contributed by atoms with E-state index in [1.54, 1.807) is 19.2 Å². The number of rotatable bonds is 9. The van der Waals surface area contributed by atoms with Gasteiger partial charge >= 0.3 is 0 Å². The zero-order chi connectivity index (χ0) is 22.5. The Hall–Kier alpha value is -2.79. The van der Waals surface area contributed by atoms with E-state index in [9.17, 15) is 10.1 Å². The van der Waals surface area contributed by atoms with Crippen LogP contribution in [0.4, 0.5) is 0 Å². The fourth-order valence-corrected chi connectivity index (χ4v) is 4.98. The SMILES string of the molecule is COc1ccc(-n2c(C)nnc2S[C@@H](C[N+](=O)[O-])c2cc(OC)c(OC)cc2Br)cc1. The van der Waals surface area contributed by atoms with Crippen LogP contribution in [0.25, 0.3) is 5.69 Å². The third-order valence-corrected chi connectivity index (χ3v) is 6.39. The lowest BCUT2D eigenvalue weighted by Crippen LogP contribution is -2.12. The number of aromatic nitrogens is 3. The average Bonchev–Trinajstić information content (AvgIpc) is 3.12. The van der Waals surface area contributed by atoms with Gasteiger partial charge in [-0.25, -0.2) is 0 Å². The summed E-state index contributed by atoms with van der Waals surface area (Å²) in [4.78, 5) is 11.1. The molecule has 0 radical (unpaired) electrons. The molecule has 9 nitrogen and oxygen atoms in total. The molecule has 0 unspecified atom stereocenters. The van der Waals surface area contributed by atoms with Gasteiger partial charge in [-0.2, -0.15) is 0 Å². The minimum Gasteiger partial charge on any atom is -0.497 e. The second kappa shape index (κ2) is 10.0. The largest absolute Gasteiger partial charge is 0.497 e. The molecule has 2 aromatic carbocycles. The average molecular weight is 509 g/mol. The van der Waals surface area contributed by atoms with E-state index in [-0.39, 0.29) is 11.5 Å². The Morgan fingerprint density at radius 1 is 1.10 bits per heavy atom. The lowest BCUT2D eigenvalue weighted by atomic mass is 10.1. The maximum Gasteiger partial charge on any atom is 0.220 e. The van der Waals surface area contributed by atoms with Crippen molar-refractivity contribution in [3.05, 3.63) is 62.4 Å². The van der Waals surface area contributed by atoms with E-state index >= 15 is 0 Å². The number of nitro groups is 1. The molecule has 0 aliphatic heterocycles. The van der Waals surface area contributed by atoms with Crippen molar-refractivity contribution >= 4 is 27.7 Å². The van der Waals surface area contributed by atoms with Crippen LogP contribution in [0.15, 0.2) is 46.0 Å². The Morgan fingerprint density at radius 3 is 2.32 bits per heavy atom. The molecule has 1 atom stereocenters. The van der Waals surface area contributed by atoms with Gasteiger partial charge in [0.05, 0.1) is 21.3 Å². The van der Waals surface area contributed by atoms with Gasteiger partial charge in [0.15, 0.2) is 16.7 Å². The lowest BCUT2D eigenvalue weighted by Gasteiger charge is -2.18. The van der Waals surface area contributed by atoms with E-state index in [4.69, 9.17) is 14.2 Å². The number of hydrogen-bond donors (Lipinski definition) is 0. The molecule has 3 rings (SSSR count). The van der Waals surface area contributed by atoms with E-state index in [0.29, 0.717) is 32.5 Å². The molecule has 164 valence electrons. The highest BCUT2D eigenvalue weighted by Crippen LogP contribution is 2.43. The van der Waals surface area contributed by atoms with E-state index < -0.39 is 5.25 Å². The molecule has 1 heterocycles. The molecule has 0 fully saturated rings. The number of benzene rings is 2. The topological polar surface area (TPSA) is 102 Å². The summed E-state index contributed by atoms with van der Waals surface area (Å²) in [6.45, 7) is 1.52. The highest BCUT2D eigenvalue weighted by Gasteiger charge is 2.27. The molecule has 11 heteroatoms. The van der Waals surface area contributed by atoms with Crippen LogP contribution in [0.2, 0.25) is 0 Å². The van der Waals surface area contributed by atoms with Crippen LogP contribution in [0.1, 0.15) is 16.6 Å². The van der Waals surface area contributed by atoms with Crippen molar-refractivity contribution in [3.8, 4) is 22.9 Å². The molecule has 3 aromatic rings. The van der Waals surface area contributed by atoms with Gasteiger partial charge in [0, 0.05) is 15.1 Å². The van der Waals surface area contributed by atoms with Gasteiger partial charge in [-0.15, -0.1) is 10.2 Å². The molecular formula is C20H21BrN4O5S. The van der Waals surface area contributed by atoms with Gasteiger partial charge < -0.3 is 14.2 Å². The van der Waals surface area contributed by atoms with Crippen molar-refractivity contribution in [1.29, 1.82) is 0 Å². The highest BCUT2D eigenvalue weighted by molar-refractivity contribution is 9.10. The quantitative estimate of drug-likeness (QED) is 0.237. The van der Waals surface area contributed by atoms with Crippen molar-refractivity contribution in [2.24, 2.45) is 0 Å². The fraction of sp³-hybridized carbons (Fsp3) is 0.300. The molecule has 0 amide bonds. The van der Waals surface area contributed by atoms with E-state index in [2.05, 4.69) is 26.1 Å². The molecule has 0 aliphatic carbocycles. The summed E-state index contributed by atoms with van der Waals surface area (Å²) in [5, 5.41) is 19.9. The third kappa shape index (κ3) is 5.10. The minimum absolute atomic E-state index is 0.312. The van der Waals surface area contributed by atoms with Crippen LogP contribution in [0.5, 0.6) is 17.2 Å². The van der Waals surface area contributed by atoms with Crippen LogP contribution in [0.3, 0.4) is 0 Å². The molecular weight excluding hydrogens is 488 g/mol. The van der Waals surface area contributed by atoms with Crippen molar-refractivity contribution in [2.75, 3.05) is 27.9 Å². The monoisotopic (exact) mass is 508 g/mol. The maximum atomic E-state index is 11.5. The third-order valence-electron chi connectivity index (χ3n) is 4.54. The summed E-state index contributed by atoms with van der Waals surface area (Å²) in [6.07, 6.45) is 0. The summed E-state index contributed by atoms with van der Waals surface area (Å²) < 4.78 is 18.5. The van der Waals surface area contributed by atoms with Crippen LogP contribution in [-0.2, 0) is 0 Å². The van der Waals surface area contributed by atoms with Crippen molar-refractivity contribution < 1.29 is 19.1 Å². The van der Waals surface area contributed by atoms with Crippen molar-refractivity contribution in [3.63, 3.8) is 0 Å². The number of thioether (sulfide) groups is 1. The van der Waals surface area contributed by atoms with Crippen molar-refractivity contribution in [1.82, 2.24) is 14.8 Å². The summed E-state index contributed by atoms with van der Waals surface area (Å²) in [6, 6.07) is 10.9. The number of halogens is 1. The maximum absolute atomic E-state index is 11.5. The van der Waals surface area contributed by atoms with Crippen LogP contribution < -0.4 is 14.2 Å². The second-order valence-corrected chi connectivity index (χ2v) is 8.44. The second-order valence-electron chi connectivity index (χ2n) is 6.41. The molecule has 0 saturated heterocycles. The van der Waals surface area contributed by atoms with Gasteiger partial charge in [0.25, 0.3) is 0 Å². The lowest BCUT2D eigenvalue weighted by molar-refractivity contribution is -0.479. The molecule has 0 N–H and O–H groups in total.